The van der Waals surface area contributed by atoms with Gasteiger partial charge in [0.05, 0.1) is 5.41 Å². The van der Waals surface area contributed by atoms with Crippen LogP contribution in [0, 0.1) is 11.3 Å². The van der Waals surface area contributed by atoms with Gasteiger partial charge in [0.25, 0.3) is 0 Å². The normalized spacial score (nSPS) is 29.6. The van der Waals surface area contributed by atoms with E-state index in [1.807, 2.05) is 13.0 Å². The van der Waals surface area contributed by atoms with Crippen LogP contribution in [0.4, 0.5) is 0 Å². The first-order valence-corrected chi connectivity index (χ1v) is 8.26. The summed E-state index contributed by atoms with van der Waals surface area (Å²) in [6, 6.07) is 4.73. The zero-order chi connectivity index (χ0) is 17.6. The average molecular weight is 343 g/mol. The third-order valence-electron chi connectivity index (χ3n) is 5.33. The van der Waals surface area contributed by atoms with Gasteiger partial charge in [-0.3, -0.25) is 9.59 Å². The monoisotopic (exact) mass is 342 g/mol. The van der Waals surface area contributed by atoms with Crippen molar-refractivity contribution < 1.29 is 14.7 Å². The summed E-state index contributed by atoms with van der Waals surface area (Å²) in [7, 11) is 0. The maximum Gasteiger partial charge on any atom is 0.166 e. The van der Waals surface area contributed by atoms with Crippen LogP contribution in [0.1, 0.15) is 31.7 Å². The van der Waals surface area contributed by atoms with Crippen molar-refractivity contribution in [1.82, 2.24) is 0 Å². The number of fused-ring (bicyclic) bond motifs is 1. The first-order chi connectivity index (χ1) is 11.3. The zero-order valence-electron chi connectivity index (χ0n) is 13.7. The molecule has 2 aliphatic rings. The Morgan fingerprint density at radius 2 is 2.08 bits per heavy atom. The van der Waals surface area contributed by atoms with Crippen molar-refractivity contribution in [3.05, 3.63) is 64.7 Å². The number of carbonyl (C=O) groups excluding carboxylic acids is 2. The number of phenolic OH excluding ortho intramolecular Hbond substituents is 1. The molecular formula is C20H19ClO3. The average Bonchev–Trinajstić information content (AvgIpc) is 2.53. The van der Waals surface area contributed by atoms with Crippen molar-refractivity contribution in [2.45, 2.75) is 26.2 Å². The van der Waals surface area contributed by atoms with Gasteiger partial charge in [0, 0.05) is 16.9 Å². The molecule has 1 aromatic rings. The molecule has 0 spiro atoms. The molecule has 0 heterocycles. The third kappa shape index (κ3) is 2.27. The molecule has 4 heteroatoms. The van der Waals surface area contributed by atoms with Crippen LogP contribution in [0.25, 0.3) is 0 Å². The van der Waals surface area contributed by atoms with Crippen molar-refractivity contribution in [3.63, 3.8) is 0 Å². The summed E-state index contributed by atoms with van der Waals surface area (Å²) < 4.78 is 0. The van der Waals surface area contributed by atoms with Gasteiger partial charge in [-0.25, -0.2) is 0 Å². The second-order valence-corrected chi connectivity index (χ2v) is 7.08. The molecule has 2 aliphatic carbocycles. The smallest absolute Gasteiger partial charge is 0.166 e. The van der Waals surface area contributed by atoms with Crippen molar-refractivity contribution in [3.8, 4) is 5.75 Å². The summed E-state index contributed by atoms with van der Waals surface area (Å²) in [5.41, 5.74) is 1.18. The van der Waals surface area contributed by atoms with Crippen LogP contribution in [0.15, 0.2) is 54.2 Å². The Labute approximate surface area is 146 Å². The number of ketones is 2. The maximum absolute atomic E-state index is 13.1. The van der Waals surface area contributed by atoms with E-state index in [0.717, 1.165) is 11.1 Å². The number of benzene rings is 1. The Morgan fingerprint density at radius 1 is 1.38 bits per heavy atom. The number of aromatic hydroxyl groups is 1. The number of allylic oxidation sites excluding steroid dienone is 5. The summed E-state index contributed by atoms with van der Waals surface area (Å²) in [5.74, 6) is -0.774. The van der Waals surface area contributed by atoms with E-state index in [4.69, 9.17) is 11.6 Å². The van der Waals surface area contributed by atoms with Crippen molar-refractivity contribution in [2.75, 3.05) is 0 Å². The number of rotatable bonds is 2. The highest BCUT2D eigenvalue weighted by Gasteiger charge is 2.55. The molecule has 24 heavy (non-hydrogen) atoms. The van der Waals surface area contributed by atoms with E-state index >= 15 is 0 Å². The molecule has 3 rings (SSSR count). The third-order valence-corrected chi connectivity index (χ3v) is 5.65. The molecule has 0 bridgehead atoms. The molecule has 0 saturated carbocycles. The number of hydrogen-bond acceptors (Lipinski definition) is 3. The zero-order valence-corrected chi connectivity index (χ0v) is 14.4. The fourth-order valence-electron chi connectivity index (χ4n) is 4.12. The summed E-state index contributed by atoms with van der Waals surface area (Å²) in [5, 5.41) is 10.0. The lowest BCUT2D eigenvalue weighted by Gasteiger charge is -2.47. The summed E-state index contributed by atoms with van der Waals surface area (Å²) in [4.78, 5) is 25.6. The molecule has 3 atom stereocenters. The molecular weight excluding hydrogens is 324 g/mol. The molecule has 0 amide bonds. The van der Waals surface area contributed by atoms with E-state index < -0.39 is 11.3 Å². The molecule has 0 saturated heterocycles. The van der Waals surface area contributed by atoms with E-state index in [1.54, 1.807) is 25.1 Å². The minimum absolute atomic E-state index is 0.0196. The second kappa shape index (κ2) is 5.75. The fourth-order valence-corrected chi connectivity index (χ4v) is 4.41. The number of hydrogen-bond donors (Lipinski definition) is 1. The molecule has 124 valence electrons. The first-order valence-electron chi connectivity index (χ1n) is 7.88. The topological polar surface area (TPSA) is 54.4 Å². The number of halogens is 1. The van der Waals surface area contributed by atoms with Crippen LogP contribution in [0.3, 0.4) is 0 Å². The minimum atomic E-state index is -0.908. The predicted molar refractivity (Wildman–Crippen MR) is 94.1 cm³/mol. The SMILES string of the molecule is C=CC1=CCC2C(=O)C=C(C)C(=O)C2(C)C1c1ccc(O)cc1Cl. The highest BCUT2D eigenvalue weighted by Crippen LogP contribution is 2.56. The lowest BCUT2D eigenvalue weighted by molar-refractivity contribution is -0.137. The first kappa shape index (κ1) is 16.7. The lowest BCUT2D eigenvalue weighted by atomic mass is 9.53. The largest absolute Gasteiger partial charge is 0.508 e. The van der Waals surface area contributed by atoms with Crippen LogP contribution >= 0.6 is 11.6 Å². The van der Waals surface area contributed by atoms with E-state index in [9.17, 15) is 14.7 Å². The van der Waals surface area contributed by atoms with Crippen LogP contribution in [-0.4, -0.2) is 16.7 Å². The van der Waals surface area contributed by atoms with E-state index in [2.05, 4.69) is 6.58 Å². The van der Waals surface area contributed by atoms with Crippen LogP contribution in [0.5, 0.6) is 5.75 Å². The molecule has 3 unspecified atom stereocenters. The van der Waals surface area contributed by atoms with Crippen molar-refractivity contribution in [1.29, 1.82) is 0 Å². The highest BCUT2D eigenvalue weighted by atomic mass is 35.5. The molecule has 3 nitrogen and oxygen atoms in total. The van der Waals surface area contributed by atoms with Gasteiger partial charge in [-0.1, -0.05) is 43.3 Å². The van der Waals surface area contributed by atoms with Gasteiger partial charge in [0.1, 0.15) is 5.75 Å². The van der Waals surface area contributed by atoms with E-state index in [-0.39, 0.29) is 23.2 Å². The number of Topliss-reactive ketones (excluding diaryl/α,β-unsaturated/α-hetero) is 1. The fraction of sp³-hybridized carbons (Fsp3) is 0.300. The van der Waals surface area contributed by atoms with Crippen molar-refractivity contribution >= 4 is 23.2 Å². The second-order valence-electron chi connectivity index (χ2n) is 6.68. The summed E-state index contributed by atoms with van der Waals surface area (Å²) in [6.07, 6.45) is 5.66. The Kier molecular flexibility index (Phi) is 4.00. The van der Waals surface area contributed by atoms with Crippen LogP contribution in [-0.2, 0) is 9.59 Å². The van der Waals surface area contributed by atoms with Gasteiger partial charge in [-0.15, -0.1) is 0 Å². The van der Waals surface area contributed by atoms with Crippen LogP contribution in [0.2, 0.25) is 5.02 Å². The highest BCUT2D eigenvalue weighted by molar-refractivity contribution is 6.31. The van der Waals surface area contributed by atoms with Crippen LogP contribution < -0.4 is 0 Å². The molecule has 1 N–H and O–H groups in total. The number of phenols is 1. The maximum atomic E-state index is 13.1. The standard InChI is InChI=1S/C20H19ClO3/c1-4-12-5-8-15-17(23)9-11(2)19(24)20(15,3)18(12)14-7-6-13(22)10-16(14)21/h4-7,9-10,15,18,22H,1,8H2,2-3H3. The Morgan fingerprint density at radius 3 is 2.71 bits per heavy atom. The summed E-state index contributed by atoms with van der Waals surface area (Å²) in [6.45, 7) is 7.40. The van der Waals surface area contributed by atoms with E-state index in [1.165, 1.54) is 12.1 Å². The van der Waals surface area contributed by atoms with Gasteiger partial charge in [-0.05, 0) is 48.3 Å². The van der Waals surface area contributed by atoms with Gasteiger partial charge in [0.2, 0.25) is 0 Å². The van der Waals surface area contributed by atoms with Gasteiger partial charge in [-0.2, -0.15) is 0 Å². The van der Waals surface area contributed by atoms with Gasteiger partial charge in [0.15, 0.2) is 11.6 Å². The van der Waals surface area contributed by atoms with Gasteiger partial charge < -0.3 is 5.11 Å². The number of carbonyl (C=O) groups is 2. The Hall–Kier alpha value is -2.13. The minimum Gasteiger partial charge on any atom is -0.508 e. The quantitative estimate of drug-likeness (QED) is 0.868. The van der Waals surface area contributed by atoms with Gasteiger partial charge >= 0.3 is 0 Å². The van der Waals surface area contributed by atoms with Crippen molar-refractivity contribution in [2.24, 2.45) is 11.3 Å². The Balaban J connectivity index is 2.27. The predicted octanol–water partition coefficient (Wildman–Crippen LogP) is 4.37. The Bertz CT molecular complexity index is 818. The molecule has 1 aromatic carbocycles. The van der Waals surface area contributed by atoms with E-state index in [0.29, 0.717) is 17.0 Å². The molecule has 0 radical (unpaired) electrons. The lowest BCUT2D eigenvalue weighted by Crippen LogP contribution is -2.49. The molecule has 0 aromatic heterocycles. The summed E-state index contributed by atoms with van der Waals surface area (Å²) >= 11 is 6.37. The molecule has 0 aliphatic heterocycles. The molecule has 0 fully saturated rings.